The Kier molecular flexibility index (Phi) is 12.3. The summed E-state index contributed by atoms with van der Waals surface area (Å²) < 4.78 is 0. The molecule has 10 rings (SSSR count). The van der Waals surface area contributed by atoms with Crippen molar-refractivity contribution in [1.82, 2.24) is 15.0 Å². The first kappa shape index (κ1) is 42.0. The van der Waals surface area contributed by atoms with Gasteiger partial charge >= 0.3 is 0 Å². The van der Waals surface area contributed by atoms with Crippen molar-refractivity contribution in [2.75, 3.05) is 0 Å². The lowest BCUT2D eigenvalue weighted by Crippen LogP contribution is -1.98. The van der Waals surface area contributed by atoms with Crippen LogP contribution < -0.4 is 0 Å². The summed E-state index contributed by atoms with van der Waals surface area (Å²) in [6.45, 7) is 4.23. The highest BCUT2D eigenvalue weighted by atomic mass is 14.7. The van der Waals surface area contributed by atoms with E-state index in [1.807, 2.05) is 36.8 Å². The number of aromatic nitrogens is 3. The molecule has 0 spiro atoms. The second kappa shape index (κ2) is 19.4. The van der Waals surface area contributed by atoms with E-state index in [1.165, 1.54) is 77.9 Å². The normalized spacial score (nSPS) is 11.1. The van der Waals surface area contributed by atoms with Crippen molar-refractivity contribution in [3.63, 3.8) is 0 Å². The molecule has 0 aliphatic heterocycles. The molecule has 7 aromatic carbocycles. The lowest BCUT2D eigenvalue weighted by molar-refractivity contribution is 0.931. The van der Waals surface area contributed by atoms with Crippen LogP contribution in [-0.4, -0.2) is 15.0 Å². The van der Waals surface area contributed by atoms with E-state index >= 15 is 0 Å². The lowest BCUT2D eigenvalue weighted by atomic mass is 9.86. The van der Waals surface area contributed by atoms with Crippen LogP contribution in [0.15, 0.2) is 225 Å². The summed E-state index contributed by atoms with van der Waals surface area (Å²) in [5.74, 6) is 0. The smallest absolute Gasteiger partial charge is 0.0704 e. The van der Waals surface area contributed by atoms with Crippen LogP contribution in [0.3, 0.4) is 0 Å². The van der Waals surface area contributed by atoms with Crippen molar-refractivity contribution < 1.29 is 0 Å². The number of aryl methyl sites for hydroxylation is 6. The average Bonchev–Trinajstić information content (AvgIpc) is 3.38. The molecule has 0 aliphatic rings. The van der Waals surface area contributed by atoms with E-state index in [1.54, 1.807) is 0 Å². The number of hydrogen-bond acceptors (Lipinski definition) is 3. The Balaban J connectivity index is 1.01. The minimum atomic E-state index is 0.932. The van der Waals surface area contributed by atoms with Gasteiger partial charge in [0, 0.05) is 35.3 Å². The molecule has 3 aromatic heterocycles. The van der Waals surface area contributed by atoms with Crippen molar-refractivity contribution >= 4 is 0 Å². The number of pyridine rings is 3. The van der Waals surface area contributed by atoms with Gasteiger partial charge in [-0.15, -0.1) is 0 Å². The molecule has 318 valence electrons. The number of rotatable bonds is 13. The first-order valence-corrected chi connectivity index (χ1v) is 23.0. The van der Waals surface area contributed by atoms with Gasteiger partial charge in [-0.05, 0) is 160 Å². The fourth-order valence-corrected chi connectivity index (χ4v) is 9.01. The summed E-state index contributed by atoms with van der Waals surface area (Å²) in [7, 11) is 0. The van der Waals surface area contributed by atoms with Crippen molar-refractivity contribution in [3.05, 3.63) is 258 Å². The third-order valence-corrected chi connectivity index (χ3v) is 12.6. The van der Waals surface area contributed by atoms with Crippen LogP contribution in [0.4, 0.5) is 0 Å². The zero-order chi connectivity index (χ0) is 44.7. The quantitative estimate of drug-likeness (QED) is 0.116. The Morgan fingerprint density at radius 2 is 0.727 bits per heavy atom. The Hall–Kier alpha value is -8.01. The molecule has 3 nitrogen and oxygen atoms in total. The summed E-state index contributed by atoms with van der Waals surface area (Å²) >= 11 is 0. The first-order chi connectivity index (χ1) is 32.5. The van der Waals surface area contributed by atoms with Crippen LogP contribution in [0.25, 0.3) is 78.3 Å². The van der Waals surface area contributed by atoms with Crippen molar-refractivity contribution in [1.29, 1.82) is 0 Å². The van der Waals surface area contributed by atoms with Gasteiger partial charge in [-0.2, -0.15) is 0 Å². The molecule has 0 bridgehead atoms. The second-order valence-electron chi connectivity index (χ2n) is 17.3. The van der Waals surface area contributed by atoms with Crippen LogP contribution in [0.5, 0.6) is 0 Å². The second-order valence-corrected chi connectivity index (χ2v) is 17.3. The Morgan fingerprint density at radius 1 is 0.258 bits per heavy atom. The highest BCUT2D eigenvalue weighted by Crippen LogP contribution is 2.41. The van der Waals surface area contributed by atoms with Gasteiger partial charge in [0.15, 0.2) is 0 Å². The number of benzene rings is 7. The molecular weight excluding hydrogens is 799 g/mol. The molecule has 10 aromatic rings. The third-order valence-electron chi connectivity index (χ3n) is 12.6. The molecule has 0 aliphatic carbocycles. The van der Waals surface area contributed by atoms with Crippen LogP contribution in [0.1, 0.15) is 33.4 Å². The zero-order valence-corrected chi connectivity index (χ0v) is 37.5. The largest absolute Gasteiger partial charge is 0.256 e. The van der Waals surface area contributed by atoms with Gasteiger partial charge in [0.1, 0.15) is 0 Å². The maximum atomic E-state index is 4.74. The van der Waals surface area contributed by atoms with E-state index in [0.717, 1.165) is 59.5 Å². The van der Waals surface area contributed by atoms with Crippen LogP contribution in [0.2, 0.25) is 0 Å². The molecular formula is C63H51N3. The summed E-state index contributed by atoms with van der Waals surface area (Å²) in [4.78, 5) is 14.0. The van der Waals surface area contributed by atoms with E-state index in [0.29, 0.717) is 0 Å². The predicted molar refractivity (Wildman–Crippen MR) is 275 cm³/mol. The van der Waals surface area contributed by atoms with Gasteiger partial charge in [0.05, 0.1) is 17.1 Å². The Bertz CT molecular complexity index is 3120. The zero-order valence-electron chi connectivity index (χ0n) is 37.5. The average molecular weight is 850 g/mol. The number of nitrogens with zero attached hydrogens (tertiary/aromatic N) is 3. The molecule has 0 unspecified atom stereocenters. The van der Waals surface area contributed by atoms with Crippen LogP contribution >= 0.6 is 0 Å². The number of hydrogen-bond donors (Lipinski definition) is 0. The molecule has 0 saturated heterocycles. The van der Waals surface area contributed by atoms with E-state index in [-0.39, 0.29) is 0 Å². The SMILES string of the molecule is Cc1ccnc(-c2ccc(CCc3cc(CCc4ccc(-c5cc(C)ccn5)cc4)cc(-c4ccccc4-c4ccc(-c5ccccn5)cc4-c4ccc(-c5ccccc5)cc4)c3)cc2)c1. The molecule has 66 heavy (non-hydrogen) atoms. The van der Waals surface area contributed by atoms with E-state index in [9.17, 15) is 0 Å². The fourth-order valence-electron chi connectivity index (χ4n) is 9.01. The van der Waals surface area contributed by atoms with Gasteiger partial charge in [-0.1, -0.05) is 164 Å². The molecule has 0 N–H and O–H groups in total. The van der Waals surface area contributed by atoms with Gasteiger partial charge in [-0.3, -0.25) is 15.0 Å². The Morgan fingerprint density at radius 3 is 1.30 bits per heavy atom. The lowest BCUT2D eigenvalue weighted by Gasteiger charge is -2.18. The van der Waals surface area contributed by atoms with E-state index < -0.39 is 0 Å². The molecule has 0 atom stereocenters. The van der Waals surface area contributed by atoms with Crippen molar-refractivity contribution in [3.8, 4) is 78.3 Å². The van der Waals surface area contributed by atoms with Gasteiger partial charge in [-0.25, -0.2) is 0 Å². The predicted octanol–water partition coefficient (Wildman–Crippen LogP) is 15.7. The maximum absolute atomic E-state index is 4.74. The van der Waals surface area contributed by atoms with Crippen molar-refractivity contribution in [2.45, 2.75) is 39.5 Å². The van der Waals surface area contributed by atoms with E-state index in [2.05, 4.69) is 212 Å². The summed E-state index contributed by atoms with van der Waals surface area (Å²) in [6.07, 6.45) is 9.40. The molecule has 0 saturated carbocycles. The fraction of sp³-hybridized carbons (Fsp3) is 0.0952. The molecule has 3 heterocycles. The van der Waals surface area contributed by atoms with Crippen molar-refractivity contribution in [2.24, 2.45) is 0 Å². The molecule has 0 amide bonds. The summed E-state index contributed by atoms with van der Waals surface area (Å²) in [5.41, 5.74) is 23.7. The van der Waals surface area contributed by atoms with Crippen LogP contribution in [-0.2, 0) is 25.7 Å². The Labute approximate surface area is 389 Å². The minimum absolute atomic E-state index is 0.932. The summed E-state index contributed by atoms with van der Waals surface area (Å²) in [6, 6.07) is 75.0. The topological polar surface area (TPSA) is 38.7 Å². The summed E-state index contributed by atoms with van der Waals surface area (Å²) in [5, 5.41) is 0. The molecule has 0 fully saturated rings. The first-order valence-electron chi connectivity index (χ1n) is 23.0. The standard InChI is InChI=1S/C63H51N3/c1-44-33-36-65-62(38-44)53-23-19-46(20-24-53)15-17-48-40-49(18-16-47-21-25-54(26-22-47)63-39-45(2)34-37-66-63)42-56(41-48)57-12-6-7-13-58(57)59-32-31-55(61-14-8-9-35-64-61)43-60(59)52-29-27-51(28-30-52)50-10-4-3-5-11-50/h3-14,19-43H,15-18H2,1-2H3. The minimum Gasteiger partial charge on any atom is -0.256 e. The van der Waals surface area contributed by atoms with E-state index in [4.69, 9.17) is 4.98 Å². The maximum Gasteiger partial charge on any atom is 0.0704 e. The third kappa shape index (κ3) is 9.72. The highest BCUT2D eigenvalue weighted by molar-refractivity contribution is 5.93. The monoisotopic (exact) mass is 849 g/mol. The molecule has 0 radical (unpaired) electrons. The van der Waals surface area contributed by atoms with Gasteiger partial charge in [0.2, 0.25) is 0 Å². The van der Waals surface area contributed by atoms with Gasteiger partial charge in [0.25, 0.3) is 0 Å². The van der Waals surface area contributed by atoms with Gasteiger partial charge < -0.3 is 0 Å². The van der Waals surface area contributed by atoms with Crippen LogP contribution in [0, 0.1) is 13.8 Å². The highest BCUT2D eigenvalue weighted by Gasteiger charge is 2.16. The molecule has 3 heteroatoms.